The van der Waals surface area contributed by atoms with Crippen LogP contribution in [0.15, 0.2) is 48.2 Å². The van der Waals surface area contributed by atoms with Crippen molar-refractivity contribution in [2.75, 3.05) is 6.61 Å². The smallest absolute Gasteiger partial charge is 0.151 e. The fourth-order valence-corrected chi connectivity index (χ4v) is 2.52. The molecule has 110 valence electrons. The van der Waals surface area contributed by atoms with Crippen LogP contribution in [0.25, 0.3) is 16.8 Å². The van der Waals surface area contributed by atoms with Crippen molar-refractivity contribution in [3.05, 3.63) is 59.3 Å². The summed E-state index contributed by atoms with van der Waals surface area (Å²) < 4.78 is 5.52. The lowest BCUT2D eigenvalue weighted by Crippen LogP contribution is -2.23. The summed E-state index contributed by atoms with van der Waals surface area (Å²) in [5.74, 6) is 6.24. The van der Waals surface area contributed by atoms with Crippen molar-refractivity contribution < 1.29 is 4.74 Å². The second-order valence-electron chi connectivity index (χ2n) is 5.04. The van der Waals surface area contributed by atoms with E-state index in [1.54, 1.807) is 0 Å². The van der Waals surface area contributed by atoms with Crippen LogP contribution < -0.4 is 21.7 Å². The molecule has 3 rings (SSSR count). The number of allylic oxidation sites excluding steroid dienone is 1. The van der Waals surface area contributed by atoms with Gasteiger partial charge in [0.1, 0.15) is 11.8 Å². The Morgan fingerprint density at radius 1 is 1.14 bits per heavy atom. The molecular weight excluding hydrogens is 276 g/mol. The summed E-state index contributed by atoms with van der Waals surface area (Å²) in [6, 6.07) is 15.8. The Kier molecular flexibility index (Phi) is 3.69. The van der Waals surface area contributed by atoms with Crippen molar-refractivity contribution in [2.45, 2.75) is 6.42 Å². The zero-order valence-electron chi connectivity index (χ0n) is 12.0. The van der Waals surface area contributed by atoms with Crippen molar-refractivity contribution in [2.24, 2.45) is 11.6 Å². The lowest BCUT2D eigenvalue weighted by molar-refractivity contribution is 0.357. The van der Waals surface area contributed by atoms with E-state index in [0.717, 1.165) is 35.5 Å². The molecule has 0 aliphatic carbocycles. The van der Waals surface area contributed by atoms with E-state index in [2.05, 4.69) is 11.5 Å². The predicted octanol–water partition coefficient (Wildman–Crippen LogP) is 1.90. The highest BCUT2D eigenvalue weighted by Crippen LogP contribution is 2.30. The van der Waals surface area contributed by atoms with Gasteiger partial charge in [0.25, 0.3) is 0 Å². The molecule has 1 aliphatic heterocycles. The standard InChI is InChI=1S/C17H16N4O/c18-10-15(21-20)17(19)12-3-1-11(2-4-12)13-5-6-16-14(9-13)7-8-22-16/h1-6,9,21H,7-8,19-20H2/b17-15-. The van der Waals surface area contributed by atoms with Gasteiger partial charge in [-0.3, -0.25) is 0 Å². The molecule has 5 nitrogen and oxygen atoms in total. The molecule has 0 amide bonds. The average Bonchev–Trinajstić information content (AvgIpc) is 3.03. The molecule has 0 fully saturated rings. The van der Waals surface area contributed by atoms with Crippen LogP contribution in [0.1, 0.15) is 11.1 Å². The SMILES string of the molecule is N#C/C(NN)=C(/N)c1ccc(-c2ccc3c(c2)CCO3)cc1. The van der Waals surface area contributed by atoms with Crippen molar-refractivity contribution in [1.82, 2.24) is 5.43 Å². The minimum absolute atomic E-state index is 0.155. The molecule has 2 aromatic rings. The van der Waals surface area contributed by atoms with E-state index in [0.29, 0.717) is 5.70 Å². The summed E-state index contributed by atoms with van der Waals surface area (Å²) in [5, 5.41) is 8.94. The Morgan fingerprint density at radius 3 is 2.55 bits per heavy atom. The second-order valence-corrected chi connectivity index (χ2v) is 5.04. The van der Waals surface area contributed by atoms with Crippen molar-refractivity contribution in [3.8, 4) is 22.9 Å². The number of hydrogen-bond acceptors (Lipinski definition) is 5. The Morgan fingerprint density at radius 2 is 1.86 bits per heavy atom. The van der Waals surface area contributed by atoms with Gasteiger partial charge in [-0.1, -0.05) is 30.3 Å². The summed E-state index contributed by atoms with van der Waals surface area (Å²) in [4.78, 5) is 0. The van der Waals surface area contributed by atoms with Crippen LogP contribution in [0, 0.1) is 11.3 Å². The highest BCUT2D eigenvalue weighted by atomic mass is 16.5. The van der Waals surface area contributed by atoms with E-state index in [9.17, 15) is 0 Å². The van der Waals surface area contributed by atoms with Gasteiger partial charge in [0.05, 0.1) is 12.3 Å². The van der Waals surface area contributed by atoms with Crippen LogP contribution >= 0.6 is 0 Å². The topological polar surface area (TPSA) is 97.1 Å². The third kappa shape index (κ3) is 2.48. The number of hydrogen-bond donors (Lipinski definition) is 3. The third-order valence-corrected chi connectivity index (χ3v) is 3.74. The Balaban J connectivity index is 1.92. The fraction of sp³-hybridized carbons (Fsp3) is 0.118. The van der Waals surface area contributed by atoms with Crippen LogP contribution in [-0.4, -0.2) is 6.61 Å². The number of nitrogens with one attached hydrogen (secondary N) is 1. The molecule has 0 bridgehead atoms. The highest BCUT2D eigenvalue weighted by Gasteiger charge is 2.12. The van der Waals surface area contributed by atoms with Gasteiger partial charge in [-0.25, -0.2) is 5.84 Å². The molecule has 22 heavy (non-hydrogen) atoms. The van der Waals surface area contributed by atoms with Gasteiger partial charge >= 0.3 is 0 Å². The minimum atomic E-state index is 0.155. The fourth-order valence-electron chi connectivity index (χ4n) is 2.52. The number of hydrazine groups is 1. The maximum Gasteiger partial charge on any atom is 0.151 e. The summed E-state index contributed by atoms with van der Waals surface area (Å²) in [6.07, 6.45) is 0.949. The minimum Gasteiger partial charge on any atom is -0.493 e. The van der Waals surface area contributed by atoms with E-state index in [1.165, 1.54) is 5.56 Å². The summed E-state index contributed by atoms with van der Waals surface area (Å²) in [6.45, 7) is 0.752. The third-order valence-electron chi connectivity index (χ3n) is 3.74. The van der Waals surface area contributed by atoms with Gasteiger partial charge in [0, 0.05) is 12.0 Å². The molecule has 1 heterocycles. The van der Waals surface area contributed by atoms with Crippen LogP contribution in [0.3, 0.4) is 0 Å². The average molecular weight is 292 g/mol. The first-order chi connectivity index (χ1) is 10.7. The van der Waals surface area contributed by atoms with E-state index in [1.807, 2.05) is 42.5 Å². The van der Waals surface area contributed by atoms with E-state index in [-0.39, 0.29) is 5.70 Å². The van der Waals surface area contributed by atoms with E-state index in [4.69, 9.17) is 21.6 Å². The lowest BCUT2D eigenvalue weighted by Gasteiger charge is -2.08. The van der Waals surface area contributed by atoms with Gasteiger partial charge in [-0.15, -0.1) is 0 Å². The normalized spacial score (nSPS) is 13.6. The van der Waals surface area contributed by atoms with Crippen molar-refractivity contribution in [3.63, 3.8) is 0 Å². The summed E-state index contributed by atoms with van der Waals surface area (Å²) in [5.41, 5.74) is 12.9. The molecule has 0 atom stereocenters. The monoisotopic (exact) mass is 292 g/mol. The molecule has 2 aromatic carbocycles. The first kappa shape index (κ1) is 14.0. The number of ether oxygens (including phenoxy) is 1. The molecule has 0 spiro atoms. The quantitative estimate of drug-likeness (QED) is 0.456. The Hall–Kier alpha value is -2.97. The van der Waals surface area contributed by atoms with Crippen LogP contribution in [0.4, 0.5) is 0 Å². The maximum absolute atomic E-state index is 8.94. The van der Waals surface area contributed by atoms with Gasteiger partial charge in [-0.2, -0.15) is 5.26 Å². The number of nitrogens with zero attached hydrogens (tertiary/aromatic N) is 1. The largest absolute Gasteiger partial charge is 0.493 e. The Bertz CT molecular complexity index is 772. The number of rotatable bonds is 3. The van der Waals surface area contributed by atoms with Crippen LogP contribution in [0.5, 0.6) is 5.75 Å². The lowest BCUT2D eigenvalue weighted by atomic mass is 10.00. The van der Waals surface area contributed by atoms with Gasteiger partial charge in [0.15, 0.2) is 5.70 Å². The van der Waals surface area contributed by atoms with Gasteiger partial charge in [-0.05, 0) is 28.8 Å². The highest BCUT2D eigenvalue weighted by molar-refractivity contribution is 5.72. The molecule has 0 saturated carbocycles. The molecule has 1 aliphatic rings. The molecular formula is C17H16N4O. The number of nitriles is 1. The van der Waals surface area contributed by atoms with Crippen molar-refractivity contribution in [1.29, 1.82) is 5.26 Å². The van der Waals surface area contributed by atoms with Gasteiger partial charge < -0.3 is 15.9 Å². The van der Waals surface area contributed by atoms with Crippen LogP contribution in [0.2, 0.25) is 0 Å². The molecule has 5 N–H and O–H groups in total. The number of fused-ring (bicyclic) bond motifs is 1. The molecule has 5 heteroatoms. The number of benzene rings is 2. The zero-order chi connectivity index (χ0) is 15.5. The first-order valence-electron chi connectivity index (χ1n) is 6.96. The maximum atomic E-state index is 8.94. The molecule has 0 saturated heterocycles. The predicted molar refractivity (Wildman–Crippen MR) is 85.1 cm³/mol. The summed E-state index contributed by atoms with van der Waals surface area (Å²) >= 11 is 0. The number of nitrogens with two attached hydrogens (primary N) is 2. The second kappa shape index (κ2) is 5.80. The first-order valence-corrected chi connectivity index (χ1v) is 6.96. The summed E-state index contributed by atoms with van der Waals surface area (Å²) in [7, 11) is 0. The Labute approximate surface area is 128 Å². The molecule has 0 aromatic heterocycles. The van der Waals surface area contributed by atoms with Crippen molar-refractivity contribution >= 4 is 5.70 Å². The van der Waals surface area contributed by atoms with E-state index >= 15 is 0 Å². The molecule has 0 unspecified atom stereocenters. The molecule has 0 radical (unpaired) electrons. The van der Waals surface area contributed by atoms with E-state index < -0.39 is 0 Å². The zero-order valence-corrected chi connectivity index (χ0v) is 12.0. The van der Waals surface area contributed by atoms with Crippen LogP contribution in [-0.2, 0) is 6.42 Å². The van der Waals surface area contributed by atoms with Gasteiger partial charge in [0.2, 0.25) is 0 Å².